The second-order valence-corrected chi connectivity index (χ2v) is 4.69. The van der Waals surface area contributed by atoms with Gasteiger partial charge in [0.05, 0.1) is 0 Å². The monoisotopic (exact) mass is 261 g/mol. The Bertz CT molecular complexity index is 431. The molecule has 1 aromatic carbocycles. The van der Waals surface area contributed by atoms with Crippen LogP contribution in [0.3, 0.4) is 0 Å². The molecule has 0 heterocycles. The zero-order chi connectivity index (χ0) is 13.3. The molecule has 0 radical (unpaired) electrons. The minimum absolute atomic E-state index is 0.0842. The molecule has 1 nitrogen and oxygen atoms in total. The molecule has 100 valence electrons. The Morgan fingerprint density at radius 3 is 2.28 bits per heavy atom. The zero-order valence-corrected chi connectivity index (χ0v) is 9.80. The highest BCUT2D eigenvalue weighted by Crippen LogP contribution is 2.36. The van der Waals surface area contributed by atoms with Crippen molar-refractivity contribution in [3.8, 4) is 0 Å². The average Bonchev–Trinajstić information content (AvgIpc) is 2.37. The summed E-state index contributed by atoms with van der Waals surface area (Å²) in [6, 6.07) is 2.76. The van der Waals surface area contributed by atoms with Crippen LogP contribution in [-0.2, 0) is 12.8 Å². The lowest BCUT2D eigenvalue weighted by Crippen LogP contribution is -2.39. The summed E-state index contributed by atoms with van der Waals surface area (Å²) >= 11 is 0. The fourth-order valence-corrected chi connectivity index (χ4v) is 2.30. The molecule has 1 aliphatic carbocycles. The van der Waals surface area contributed by atoms with Crippen molar-refractivity contribution in [2.24, 2.45) is 5.73 Å². The maximum Gasteiger partial charge on any atom is 0.326 e. The van der Waals surface area contributed by atoms with Gasteiger partial charge in [-0.25, -0.2) is 8.78 Å². The lowest BCUT2D eigenvalue weighted by atomic mass is 9.88. The van der Waals surface area contributed by atoms with E-state index in [1.807, 2.05) is 0 Å². The van der Waals surface area contributed by atoms with E-state index in [1.54, 1.807) is 12.1 Å². The van der Waals surface area contributed by atoms with Crippen LogP contribution in [0.1, 0.15) is 35.6 Å². The highest BCUT2D eigenvalue weighted by molar-refractivity contribution is 5.35. The highest BCUT2D eigenvalue weighted by atomic mass is 19.3. The summed E-state index contributed by atoms with van der Waals surface area (Å²) in [4.78, 5) is 0. The van der Waals surface area contributed by atoms with E-state index in [9.17, 15) is 17.6 Å². The Kier molecular flexibility index (Phi) is 3.61. The maximum atomic E-state index is 13.2. The van der Waals surface area contributed by atoms with Gasteiger partial charge in [0.15, 0.2) is 0 Å². The molecule has 5 heteroatoms. The van der Waals surface area contributed by atoms with Crippen molar-refractivity contribution in [3.63, 3.8) is 0 Å². The van der Waals surface area contributed by atoms with Crippen LogP contribution in [0.4, 0.5) is 17.6 Å². The smallest absolute Gasteiger partial charge is 0.319 e. The minimum atomic E-state index is -4.19. The van der Waals surface area contributed by atoms with E-state index in [-0.39, 0.29) is 5.56 Å². The second kappa shape index (κ2) is 4.88. The van der Waals surface area contributed by atoms with Crippen LogP contribution in [0.2, 0.25) is 0 Å². The van der Waals surface area contributed by atoms with Gasteiger partial charge in [0.2, 0.25) is 0 Å². The van der Waals surface area contributed by atoms with Gasteiger partial charge in [0, 0.05) is 0 Å². The average molecular weight is 261 g/mol. The number of rotatable bonds is 3. The molecule has 0 bridgehead atoms. The summed E-state index contributed by atoms with van der Waals surface area (Å²) in [5.74, 6) is -4.19. The Labute approximate surface area is 103 Å². The normalized spacial score (nSPS) is 17.7. The Balaban J connectivity index is 2.28. The lowest BCUT2D eigenvalue weighted by Gasteiger charge is -2.24. The molecule has 0 spiro atoms. The number of hydrogen-bond donors (Lipinski definition) is 1. The maximum absolute atomic E-state index is 13.2. The van der Waals surface area contributed by atoms with Crippen LogP contribution in [-0.4, -0.2) is 12.3 Å². The minimum Gasteiger partial charge on any atom is -0.319 e. The van der Waals surface area contributed by atoms with Crippen molar-refractivity contribution in [2.45, 2.75) is 44.1 Å². The highest BCUT2D eigenvalue weighted by Gasteiger charge is 2.47. The third-order valence-electron chi connectivity index (χ3n) is 3.44. The lowest BCUT2D eigenvalue weighted by molar-refractivity contribution is -0.144. The molecular formula is C13H15F4N. The summed E-state index contributed by atoms with van der Waals surface area (Å²) in [5, 5.41) is 0. The Morgan fingerprint density at radius 1 is 1.06 bits per heavy atom. The van der Waals surface area contributed by atoms with Crippen LogP contribution in [0, 0.1) is 0 Å². The first-order valence-electron chi connectivity index (χ1n) is 5.96. The number of halogens is 4. The van der Waals surface area contributed by atoms with Gasteiger partial charge < -0.3 is 5.73 Å². The van der Waals surface area contributed by atoms with Crippen LogP contribution in [0.5, 0.6) is 0 Å². The predicted molar refractivity (Wildman–Crippen MR) is 61.0 cm³/mol. The standard InChI is InChI=1S/C13H15F4N/c14-12(15)13(16,17)11(18)10-6-5-8-3-1-2-4-9(8)7-10/h5-7,11-12H,1-4,18H2. The van der Waals surface area contributed by atoms with Crippen LogP contribution in [0.25, 0.3) is 0 Å². The zero-order valence-electron chi connectivity index (χ0n) is 9.80. The van der Waals surface area contributed by atoms with E-state index in [0.717, 1.165) is 36.8 Å². The van der Waals surface area contributed by atoms with E-state index < -0.39 is 18.4 Å². The van der Waals surface area contributed by atoms with Crippen molar-refractivity contribution in [2.75, 3.05) is 0 Å². The molecule has 1 aromatic rings. The summed E-state index contributed by atoms with van der Waals surface area (Å²) in [6.45, 7) is 0. The number of benzene rings is 1. The van der Waals surface area contributed by atoms with Gasteiger partial charge in [0.25, 0.3) is 0 Å². The third-order valence-corrected chi connectivity index (χ3v) is 3.44. The largest absolute Gasteiger partial charge is 0.326 e. The van der Waals surface area contributed by atoms with E-state index in [4.69, 9.17) is 5.73 Å². The number of alkyl halides is 4. The number of fused-ring (bicyclic) bond motifs is 1. The molecule has 1 aliphatic rings. The first kappa shape index (κ1) is 13.3. The van der Waals surface area contributed by atoms with Gasteiger partial charge in [-0.15, -0.1) is 0 Å². The summed E-state index contributed by atoms with van der Waals surface area (Å²) in [7, 11) is 0. The summed E-state index contributed by atoms with van der Waals surface area (Å²) < 4.78 is 50.9. The van der Waals surface area contributed by atoms with Crippen LogP contribution in [0.15, 0.2) is 18.2 Å². The number of aryl methyl sites for hydroxylation is 2. The van der Waals surface area contributed by atoms with E-state index in [2.05, 4.69) is 0 Å². The van der Waals surface area contributed by atoms with Crippen molar-refractivity contribution in [1.82, 2.24) is 0 Å². The van der Waals surface area contributed by atoms with Gasteiger partial charge in [-0.3, -0.25) is 0 Å². The SMILES string of the molecule is NC(c1ccc2c(c1)CCCC2)C(F)(F)C(F)F. The van der Waals surface area contributed by atoms with Crippen molar-refractivity contribution < 1.29 is 17.6 Å². The molecule has 18 heavy (non-hydrogen) atoms. The van der Waals surface area contributed by atoms with Crippen molar-refractivity contribution in [1.29, 1.82) is 0 Å². The quantitative estimate of drug-likeness (QED) is 0.828. The third kappa shape index (κ3) is 2.36. The molecular weight excluding hydrogens is 246 g/mol. The Hall–Kier alpha value is -1.10. The van der Waals surface area contributed by atoms with E-state index in [0.29, 0.717) is 0 Å². The van der Waals surface area contributed by atoms with Gasteiger partial charge in [0.1, 0.15) is 6.04 Å². The molecule has 0 saturated carbocycles. The Morgan fingerprint density at radius 2 is 1.67 bits per heavy atom. The molecule has 0 amide bonds. The second-order valence-electron chi connectivity index (χ2n) is 4.69. The molecule has 0 aromatic heterocycles. The fourth-order valence-electron chi connectivity index (χ4n) is 2.30. The van der Waals surface area contributed by atoms with E-state index >= 15 is 0 Å². The summed E-state index contributed by atoms with van der Waals surface area (Å²) in [5.41, 5.74) is 7.43. The first-order chi connectivity index (χ1) is 8.43. The molecule has 2 N–H and O–H groups in total. The topological polar surface area (TPSA) is 26.0 Å². The fraction of sp³-hybridized carbons (Fsp3) is 0.538. The van der Waals surface area contributed by atoms with Gasteiger partial charge in [-0.2, -0.15) is 8.78 Å². The number of nitrogens with two attached hydrogens (primary N) is 1. The van der Waals surface area contributed by atoms with Crippen LogP contribution < -0.4 is 5.73 Å². The van der Waals surface area contributed by atoms with Gasteiger partial charge in [-0.05, 0) is 42.4 Å². The van der Waals surface area contributed by atoms with Gasteiger partial charge in [-0.1, -0.05) is 18.2 Å². The van der Waals surface area contributed by atoms with Crippen molar-refractivity contribution in [3.05, 3.63) is 34.9 Å². The summed E-state index contributed by atoms with van der Waals surface area (Å²) in [6.07, 6.45) is 0.0397. The molecule has 2 rings (SSSR count). The van der Waals surface area contributed by atoms with Crippen molar-refractivity contribution >= 4 is 0 Å². The molecule has 1 unspecified atom stereocenters. The molecule has 0 saturated heterocycles. The van der Waals surface area contributed by atoms with E-state index in [1.165, 1.54) is 6.07 Å². The molecule has 1 atom stereocenters. The first-order valence-corrected chi connectivity index (χ1v) is 5.96. The van der Waals surface area contributed by atoms with Crippen LogP contribution >= 0.6 is 0 Å². The number of hydrogen-bond acceptors (Lipinski definition) is 1. The molecule has 0 fully saturated rings. The predicted octanol–water partition coefficient (Wildman–Crippen LogP) is 3.47. The van der Waals surface area contributed by atoms with Gasteiger partial charge >= 0.3 is 12.3 Å². The molecule has 0 aliphatic heterocycles.